The van der Waals surface area contributed by atoms with Gasteiger partial charge in [0.25, 0.3) is 0 Å². The van der Waals surface area contributed by atoms with Crippen molar-refractivity contribution in [2.24, 2.45) is 0 Å². The molecule has 0 atom stereocenters. The maximum absolute atomic E-state index is 5.33. The van der Waals surface area contributed by atoms with Crippen LogP contribution in [0, 0.1) is 4.77 Å². The van der Waals surface area contributed by atoms with Gasteiger partial charge in [-0.15, -0.1) is 11.3 Å². The van der Waals surface area contributed by atoms with Crippen LogP contribution in [0.1, 0.15) is 5.76 Å². The monoisotopic (exact) mass is 277 g/mol. The first-order chi connectivity index (χ1) is 8.84. The Morgan fingerprint density at radius 3 is 3.06 bits per heavy atom. The number of rotatable bonds is 4. The average molecular weight is 277 g/mol. The Hall–Kier alpha value is -1.66. The highest BCUT2D eigenvalue weighted by Gasteiger charge is 2.09. The summed E-state index contributed by atoms with van der Waals surface area (Å²) in [6.07, 6.45) is 2.49. The first-order valence-electron chi connectivity index (χ1n) is 5.56. The molecule has 3 rings (SSSR count). The lowest BCUT2D eigenvalue weighted by atomic mass is 10.3. The maximum Gasteiger partial charge on any atom is 0.195 e. The van der Waals surface area contributed by atoms with Crippen LogP contribution >= 0.6 is 23.6 Å². The Kier molecular flexibility index (Phi) is 3.12. The summed E-state index contributed by atoms with van der Waals surface area (Å²) in [6, 6.07) is 7.91. The SMILES string of the molecule is S=c1[nH]nc(-c2cccs2)n1CCc1ccco1. The Balaban J connectivity index is 1.87. The van der Waals surface area contributed by atoms with Gasteiger partial charge in [-0.1, -0.05) is 6.07 Å². The summed E-state index contributed by atoms with van der Waals surface area (Å²) < 4.78 is 7.97. The molecule has 0 spiro atoms. The summed E-state index contributed by atoms with van der Waals surface area (Å²) in [5.41, 5.74) is 0. The smallest absolute Gasteiger partial charge is 0.195 e. The number of hydrogen-bond acceptors (Lipinski definition) is 4. The Bertz CT molecular complexity index is 665. The number of furan rings is 1. The highest BCUT2D eigenvalue weighted by molar-refractivity contribution is 7.71. The molecule has 0 fully saturated rings. The van der Waals surface area contributed by atoms with Crippen molar-refractivity contribution in [3.63, 3.8) is 0 Å². The number of aryl methyl sites for hydroxylation is 1. The third-order valence-corrected chi connectivity index (χ3v) is 3.84. The van der Waals surface area contributed by atoms with Crippen molar-refractivity contribution in [1.29, 1.82) is 0 Å². The zero-order valence-corrected chi connectivity index (χ0v) is 11.1. The molecule has 0 aromatic carbocycles. The van der Waals surface area contributed by atoms with E-state index < -0.39 is 0 Å². The fraction of sp³-hybridized carbons (Fsp3) is 0.167. The van der Waals surface area contributed by atoms with Crippen molar-refractivity contribution in [3.8, 4) is 10.7 Å². The lowest BCUT2D eigenvalue weighted by Gasteiger charge is -2.03. The van der Waals surface area contributed by atoms with E-state index in [1.165, 1.54) is 0 Å². The van der Waals surface area contributed by atoms with Crippen LogP contribution in [0.4, 0.5) is 0 Å². The molecule has 0 amide bonds. The molecule has 0 aliphatic rings. The second-order valence-corrected chi connectivity index (χ2v) is 5.15. The normalized spacial score (nSPS) is 10.9. The molecule has 0 aliphatic heterocycles. The molecule has 6 heteroatoms. The van der Waals surface area contributed by atoms with Gasteiger partial charge < -0.3 is 4.42 Å². The summed E-state index contributed by atoms with van der Waals surface area (Å²) in [6.45, 7) is 0.760. The van der Waals surface area contributed by atoms with Crippen LogP contribution in [0.3, 0.4) is 0 Å². The zero-order chi connectivity index (χ0) is 12.4. The quantitative estimate of drug-likeness (QED) is 0.742. The van der Waals surface area contributed by atoms with Gasteiger partial charge in [0.1, 0.15) is 5.76 Å². The second-order valence-electron chi connectivity index (χ2n) is 3.81. The van der Waals surface area contributed by atoms with Crippen LogP contribution in [0.15, 0.2) is 40.3 Å². The van der Waals surface area contributed by atoms with Gasteiger partial charge >= 0.3 is 0 Å². The van der Waals surface area contributed by atoms with Gasteiger partial charge in [-0.25, -0.2) is 0 Å². The molecule has 1 N–H and O–H groups in total. The van der Waals surface area contributed by atoms with Crippen LogP contribution in [-0.4, -0.2) is 14.8 Å². The Morgan fingerprint density at radius 1 is 1.39 bits per heavy atom. The molecule has 0 saturated carbocycles. The topological polar surface area (TPSA) is 46.8 Å². The minimum Gasteiger partial charge on any atom is -0.469 e. The molecule has 18 heavy (non-hydrogen) atoms. The number of nitrogens with zero attached hydrogens (tertiary/aromatic N) is 2. The van der Waals surface area contributed by atoms with E-state index in [2.05, 4.69) is 10.2 Å². The first-order valence-corrected chi connectivity index (χ1v) is 6.85. The van der Waals surface area contributed by atoms with Crippen LogP contribution in [0.25, 0.3) is 10.7 Å². The largest absolute Gasteiger partial charge is 0.469 e. The van der Waals surface area contributed by atoms with E-state index in [0.717, 1.165) is 29.4 Å². The molecule has 92 valence electrons. The molecule has 0 unspecified atom stereocenters. The highest BCUT2D eigenvalue weighted by Crippen LogP contribution is 2.22. The van der Waals surface area contributed by atoms with Crippen molar-refractivity contribution in [1.82, 2.24) is 14.8 Å². The minimum absolute atomic E-state index is 0.643. The van der Waals surface area contributed by atoms with Crippen molar-refractivity contribution in [2.75, 3.05) is 0 Å². The van der Waals surface area contributed by atoms with Crippen molar-refractivity contribution < 1.29 is 4.42 Å². The highest BCUT2D eigenvalue weighted by atomic mass is 32.1. The summed E-state index contributed by atoms with van der Waals surface area (Å²) in [5, 5.41) is 9.16. The molecular formula is C12H11N3OS2. The van der Waals surface area contributed by atoms with E-state index in [1.807, 2.05) is 34.2 Å². The van der Waals surface area contributed by atoms with Gasteiger partial charge in [0.15, 0.2) is 10.6 Å². The van der Waals surface area contributed by atoms with Gasteiger partial charge in [0.2, 0.25) is 0 Å². The van der Waals surface area contributed by atoms with E-state index in [-0.39, 0.29) is 0 Å². The number of H-pyrrole nitrogens is 1. The van der Waals surface area contributed by atoms with Gasteiger partial charge in [0, 0.05) is 13.0 Å². The summed E-state index contributed by atoms with van der Waals surface area (Å²) in [5.74, 6) is 1.84. The molecule has 3 heterocycles. The molecule has 3 aromatic heterocycles. The number of thiophene rings is 1. The predicted molar refractivity (Wildman–Crippen MR) is 73.1 cm³/mol. The lowest BCUT2D eigenvalue weighted by Crippen LogP contribution is -2.02. The third-order valence-electron chi connectivity index (χ3n) is 2.66. The summed E-state index contributed by atoms with van der Waals surface area (Å²) in [4.78, 5) is 1.11. The molecule has 0 aliphatic carbocycles. The molecular weight excluding hydrogens is 266 g/mol. The van der Waals surface area contributed by atoms with Gasteiger partial charge in [-0.05, 0) is 35.8 Å². The molecule has 0 bridgehead atoms. The number of nitrogens with one attached hydrogen (secondary N) is 1. The van der Waals surface area contributed by atoms with E-state index in [0.29, 0.717) is 4.77 Å². The van der Waals surface area contributed by atoms with Crippen molar-refractivity contribution in [3.05, 3.63) is 46.4 Å². The number of aromatic amines is 1. The fourth-order valence-electron chi connectivity index (χ4n) is 1.80. The van der Waals surface area contributed by atoms with Crippen molar-refractivity contribution in [2.45, 2.75) is 13.0 Å². The van der Waals surface area contributed by atoms with Gasteiger partial charge in [0.05, 0.1) is 11.1 Å². The zero-order valence-electron chi connectivity index (χ0n) is 9.50. The minimum atomic E-state index is 0.643. The third kappa shape index (κ3) is 2.16. The van der Waals surface area contributed by atoms with Crippen LogP contribution in [0.5, 0.6) is 0 Å². The summed E-state index contributed by atoms with van der Waals surface area (Å²) in [7, 11) is 0. The molecule has 4 nitrogen and oxygen atoms in total. The van der Waals surface area contributed by atoms with E-state index in [9.17, 15) is 0 Å². The van der Waals surface area contributed by atoms with Crippen LogP contribution in [0.2, 0.25) is 0 Å². The first kappa shape index (κ1) is 11.4. The number of aromatic nitrogens is 3. The van der Waals surface area contributed by atoms with Gasteiger partial charge in [-0.2, -0.15) is 5.10 Å². The average Bonchev–Trinajstić information content (AvgIpc) is 3.08. The van der Waals surface area contributed by atoms with E-state index >= 15 is 0 Å². The van der Waals surface area contributed by atoms with E-state index in [1.54, 1.807) is 17.6 Å². The Labute approximate surface area is 113 Å². The van der Waals surface area contributed by atoms with Crippen LogP contribution in [-0.2, 0) is 13.0 Å². The molecule has 0 radical (unpaired) electrons. The predicted octanol–water partition coefficient (Wildman–Crippen LogP) is 3.50. The van der Waals surface area contributed by atoms with Gasteiger partial charge in [-0.3, -0.25) is 9.67 Å². The second kappa shape index (κ2) is 4.91. The standard InChI is InChI=1S/C12H11N3OS2/c17-12-14-13-11(10-4-2-8-18-10)15(12)6-5-9-3-1-7-16-9/h1-4,7-8H,5-6H2,(H,14,17). The molecule has 3 aromatic rings. The maximum atomic E-state index is 5.33. The lowest BCUT2D eigenvalue weighted by molar-refractivity contribution is 0.491. The van der Waals surface area contributed by atoms with E-state index in [4.69, 9.17) is 16.6 Å². The van der Waals surface area contributed by atoms with Crippen LogP contribution < -0.4 is 0 Å². The number of hydrogen-bond donors (Lipinski definition) is 1. The Morgan fingerprint density at radius 2 is 2.33 bits per heavy atom. The fourth-order valence-corrected chi connectivity index (χ4v) is 2.74. The van der Waals surface area contributed by atoms with Crippen molar-refractivity contribution >= 4 is 23.6 Å². The molecule has 0 saturated heterocycles. The summed E-state index contributed by atoms with van der Waals surface area (Å²) >= 11 is 6.91.